The predicted octanol–water partition coefficient (Wildman–Crippen LogP) is 1.64. The molecule has 1 aromatic carbocycles. The predicted molar refractivity (Wildman–Crippen MR) is 85.6 cm³/mol. The zero-order chi connectivity index (χ0) is 15.8. The van der Waals surface area contributed by atoms with Crippen molar-refractivity contribution in [3.63, 3.8) is 0 Å². The summed E-state index contributed by atoms with van der Waals surface area (Å²) in [6.07, 6.45) is 1.64. The number of ether oxygens (including phenoxy) is 1. The van der Waals surface area contributed by atoms with Crippen molar-refractivity contribution in [2.24, 2.45) is 0 Å². The Bertz CT molecular complexity index is 598. The van der Waals surface area contributed by atoms with E-state index in [4.69, 9.17) is 4.74 Å². The minimum absolute atomic E-state index is 0.0214. The van der Waals surface area contributed by atoms with E-state index in [2.05, 4.69) is 15.5 Å². The van der Waals surface area contributed by atoms with E-state index in [-0.39, 0.29) is 5.91 Å². The molecule has 118 valence electrons. The van der Waals surface area contributed by atoms with Crippen molar-refractivity contribution in [3.8, 4) is 0 Å². The Balaban J connectivity index is 1.75. The number of rotatable bonds is 8. The lowest BCUT2D eigenvalue weighted by Gasteiger charge is -2.07. The van der Waals surface area contributed by atoms with Gasteiger partial charge in [-0.1, -0.05) is 41.6 Å². The van der Waals surface area contributed by atoms with Crippen molar-refractivity contribution < 1.29 is 9.53 Å². The highest BCUT2D eigenvalue weighted by Gasteiger charge is 2.08. The van der Waals surface area contributed by atoms with E-state index in [1.165, 1.54) is 17.3 Å². The van der Waals surface area contributed by atoms with Gasteiger partial charge in [-0.25, -0.2) is 0 Å². The Morgan fingerprint density at radius 3 is 2.86 bits per heavy atom. The van der Waals surface area contributed by atoms with Crippen LogP contribution in [0, 0.1) is 6.92 Å². The number of hydrogen-bond donors (Lipinski definition) is 1. The van der Waals surface area contributed by atoms with Crippen molar-refractivity contribution in [2.75, 3.05) is 19.5 Å². The van der Waals surface area contributed by atoms with Gasteiger partial charge in [0.25, 0.3) is 0 Å². The van der Waals surface area contributed by atoms with E-state index < -0.39 is 0 Å². The standard InChI is InChI=1S/C15H20N4O2S/c1-12-3-5-13(6-4-12)9-16-14(20)10-22-15-18-17-11-19(15)7-8-21-2/h3-6,11H,7-10H2,1-2H3,(H,16,20). The van der Waals surface area contributed by atoms with Crippen LogP contribution in [0.1, 0.15) is 11.1 Å². The first-order valence-corrected chi connectivity index (χ1v) is 7.99. The van der Waals surface area contributed by atoms with E-state index in [1.54, 1.807) is 13.4 Å². The fraction of sp³-hybridized carbons (Fsp3) is 0.400. The molecule has 0 atom stereocenters. The average molecular weight is 320 g/mol. The maximum absolute atomic E-state index is 11.9. The fourth-order valence-electron chi connectivity index (χ4n) is 1.79. The molecule has 1 N–H and O–H groups in total. The van der Waals surface area contributed by atoms with Gasteiger partial charge in [-0.2, -0.15) is 0 Å². The number of carbonyl (C=O) groups excluding carboxylic acids is 1. The molecule has 1 amide bonds. The normalized spacial score (nSPS) is 10.6. The monoisotopic (exact) mass is 320 g/mol. The number of thioether (sulfide) groups is 1. The van der Waals surface area contributed by atoms with Crippen molar-refractivity contribution in [3.05, 3.63) is 41.7 Å². The zero-order valence-corrected chi connectivity index (χ0v) is 13.6. The number of aromatic nitrogens is 3. The molecule has 0 fully saturated rings. The van der Waals surface area contributed by atoms with Crippen molar-refractivity contribution in [1.29, 1.82) is 0 Å². The van der Waals surface area contributed by atoms with Crippen LogP contribution in [-0.4, -0.2) is 40.1 Å². The molecule has 2 rings (SSSR count). The lowest BCUT2D eigenvalue weighted by Crippen LogP contribution is -2.24. The number of aryl methyl sites for hydroxylation is 1. The minimum atomic E-state index is -0.0214. The molecule has 0 unspecified atom stereocenters. The van der Waals surface area contributed by atoms with Gasteiger partial charge in [0.2, 0.25) is 5.91 Å². The molecule has 6 nitrogen and oxygen atoms in total. The molecule has 0 aliphatic heterocycles. The number of carbonyl (C=O) groups is 1. The van der Waals surface area contributed by atoms with Gasteiger partial charge in [0.05, 0.1) is 12.4 Å². The molecule has 0 aliphatic rings. The van der Waals surface area contributed by atoms with Crippen molar-refractivity contribution >= 4 is 17.7 Å². The second kappa shape index (κ2) is 8.55. The summed E-state index contributed by atoms with van der Waals surface area (Å²) in [4.78, 5) is 11.9. The molecule has 0 spiro atoms. The molecule has 2 aromatic rings. The highest BCUT2D eigenvalue weighted by molar-refractivity contribution is 7.99. The van der Waals surface area contributed by atoms with Crippen LogP contribution in [0.15, 0.2) is 35.7 Å². The molecule has 0 bridgehead atoms. The smallest absolute Gasteiger partial charge is 0.230 e. The quantitative estimate of drug-likeness (QED) is 0.749. The number of methoxy groups -OCH3 is 1. The van der Waals surface area contributed by atoms with Crippen LogP contribution in [0.25, 0.3) is 0 Å². The molecule has 0 saturated carbocycles. The summed E-state index contributed by atoms with van der Waals surface area (Å²) in [5.74, 6) is 0.296. The van der Waals surface area contributed by atoms with Crippen molar-refractivity contribution in [1.82, 2.24) is 20.1 Å². The fourth-order valence-corrected chi connectivity index (χ4v) is 2.56. The molecule has 0 aliphatic carbocycles. The summed E-state index contributed by atoms with van der Waals surface area (Å²) >= 11 is 1.37. The van der Waals surface area contributed by atoms with E-state index in [0.717, 1.165) is 10.7 Å². The Hall–Kier alpha value is -1.86. The van der Waals surface area contributed by atoms with Gasteiger partial charge in [0, 0.05) is 20.2 Å². The Labute approximate surface area is 134 Å². The number of benzene rings is 1. The van der Waals surface area contributed by atoms with Gasteiger partial charge in [-0.3, -0.25) is 4.79 Å². The van der Waals surface area contributed by atoms with Crippen LogP contribution in [-0.2, 0) is 22.6 Å². The molecular weight excluding hydrogens is 300 g/mol. The largest absolute Gasteiger partial charge is 0.383 e. The van der Waals surface area contributed by atoms with Crippen molar-refractivity contribution in [2.45, 2.75) is 25.2 Å². The van der Waals surface area contributed by atoms with Gasteiger partial charge in [-0.05, 0) is 12.5 Å². The lowest BCUT2D eigenvalue weighted by atomic mass is 10.1. The van der Waals surface area contributed by atoms with E-state index >= 15 is 0 Å². The number of nitrogens with one attached hydrogen (secondary N) is 1. The van der Waals surface area contributed by atoms with Gasteiger partial charge in [0.1, 0.15) is 6.33 Å². The summed E-state index contributed by atoms with van der Waals surface area (Å²) < 4.78 is 6.90. The Morgan fingerprint density at radius 2 is 2.14 bits per heavy atom. The molecule has 7 heteroatoms. The third-order valence-corrected chi connectivity index (χ3v) is 4.04. The SMILES string of the molecule is COCCn1cnnc1SCC(=O)NCc1ccc(C)cc1. The first-order valence-electron chi connectivity index (χ1n) is 7.01. The third-order valence-electron chi connectivity index (χ3n) is 3.06. The number of hydrogen-bond acceptors (Lipinski definition) is 5. The first-order chi connectivity index (χ1) is 10.7. The summed E-state index contributed by atoms with van der Waals surface area (Å²) in [7, 11) is 1.65. The first kappa shape index (κ1) is 16.5. The number of amides is 1. The second-order valence-electron chi connectivity index (χ2n) is 4.85. The lowest BCUT2D eigenvalue weighted by molar-refractivity contribution is -0.118. The maximum Gasteiger partial charge on any atom is 0.230 e. The van der Waals surface area contributed by atoms with Gasteiger partial charge in [-0.15, -0.1) is 10.2 Å². The van der Waals surface area contributed by atoms with Crippen LogP contribution in [0.4, 0.5) is 0 Å². The molecule has 0 radical (unpaired) electrons. The van der Waals surface area contributed by atoms with Crippen LogP contribution in [0.5, 0.6) is 0 Å². The third kappa shape index (κ3) is 5.16. The highest BCUT2D eigenvalue weighted by atomic mass is 32.2. The summed E-state index contributed by atoms with van der Waals surface area (Å²) in [6, 6.07) is 8.11. The van der Waals surface area contributed by atoms with E-state index in [1.807, 2.05) is 35.8 Å². The Kier molecular flexibility index (Phi) is 6.42. The number of nitrogens with zero attached hydrogens (tertiary/aromatic N) is 3. The van der Waals surface area contributed by atoms with E-state index in [9.17, 15) is 4.79 Å². The molecule has 1 aromatic heterocycles. The minimum Gasteiger partial charge on any atom is -0.383 e. The average Bonchev–Trinajstić information content (AvgIpc) is 2.97. The molecule has 1 heterocycles. The zero-order valence-electron chi connectivity index (χ0n) is 12.8. The summed E-state index contributed by atoms with van der Waals surface area (Å²) in [5, 5.41) is 11.5. The summed E-state index contributed by atoms with van der Waals surface area (Å²) in [5.41, 5.74) is 2.30. The van der Waals surface area contributed by atoms with Crippen LogP contribution < -0.4 is 5.32 Å². The van der Waals surface area contributed by atoms with E-state index in [0.29, 0.717) is 25.4 Å². The van der Waals surface area contributed by atoms with Crippen LogP contribution in [0.3, 0.4) is 0 Å². The van der Waals surface area contributed by atoms with Gasteiger partial charge in [0.15, 0.2) is 5.16 Å². The van der Waals surface area contributed by atoms with Gasteiger partial charge >= 0.3 is 0 Å². The highest BCUT2D eigenvalue weighted by Crippen LogP contribution is 2.14. The maximum atomic E-state index is 11.9. The second-order valence-corrected chi connectivity index (χ2v) is 5.79. The molecule has 22 heavy (non-hydrogen) atoms. The summed E-state index contributed by atoms with van der Waals surface area (Å²) in [6.45, 7) is 3.84. The van der Waals surface area contributed by atoms with Crippen LogP contribution in [0.2, 0.25) is 0 Å². The topological polar surface area (TPSA) is 69.0 Å². The molecule has 0 saturated heterocycles. The van der Waals surface area contributed by atoms with Crippen LogP contribution >= 0.6 is 11.8 Å². The Morgan fingerprint density at radius 1 is 1.36 bits per heavy atom. The van der Waals surface area contributed by atoms with Gasteiger partial charge < -0.3 is 14.6 Å². The molecular formula is C15H20N4O2S.